The van der Waals surface area contributed by atoms with Gasteiger partial charge in [0.1, 0.15) is 18.4 Å². The van der Waals surface area contributed by atoms with Crippen LogP contribution in [0.3, 0.4) is 0 Å². The van der Waals surface area contributed by atoms with Crippen molar-refractivity contribution < 1.29 is 22.4 Å². The van der Waals surface area contributed by atoms with E-state index in [-0.39, 0.29) is 17.0 Å². The fraction of sp³-hybridized carbons (Fsp3) is 0.286. The van der Waals surface area contributed by atoms with E-state index in [0.29, 0.717) is 5.69 Å². The van der Waals surface area contributed by atoms with Gasteiger partial charge >= 0.3 is 0 Å². The second-order valence-electron chi connectivity index (χ2n) is 9.83. The molecule has 202 valence electrons. The number of nitrogens with one attached hydrogen (secondary N) is 1. The molecule has 0 spiro atoms. The summed E-state index contributed by atoms with van der Waals surface area (Å²) in [5.74, 6) is -1.61. The number of sulfonamides is 1. The lowest BCUT2D eigenvalue weighted by molar-refractivity contribution is -0.140. The molecule has 1 unspecified atom stereocenters. The molecule has 0 aliphatic heterocycles. The quantitative estimate of drug-likeness (QED) is 0.332. The van der Waals surface area contributed by atoms with Crippen molar-refractivity contribution in [2.24, 2.45) is 0 Å². The number of carbonyl (C=O) groups is 2. The van der Waals surface area contributed by atoms with E-state index < -0.39 is 45.8 Å². The molecular weight excluding hydrogens is 620 g/mol. The predicted molar refractivity (Wildman–Crippen MR) is 154 cm³/mol. The molecule has 38 heavy (non-hydrogen) atoms. The fourth-order valence-electron chi connectivity index (χ4n) is 3.72. The van der Waals surface area contributed by atoms with E-state index >= 15 is 0 Å². The van der Waals surface area contributed by atoms with Crippen LogP contribution < -0.4 is 9.62 Å². The molecule has 0 saturated heterocycles. The topological polar surface area (TPSA) is 86.8 Å². The zero-order valence-corrected chi connectivity index (χ0v) is 24.7. The SMILES string of the molecule is CC(C(=O)NC(C)(C)C)N(Cc1ccccc1F)C(=O)CN(c1ccc(I)cc1)S(=O)(=O)c1ccccc1. The van der Waals surface area contributed by atoms with Gasteiger partial charge in [0, 0.05) is 21.2 Å². The van der Waals surface area contributed by atoms with E-state index in [1.54, 1.807) is 55.5 Å². The number of hydrogen-bond acceptors (Lipinski definition) is 4. The van der Waals surface area contributed by atoms with Gasteiger partial charge in [0.15, 0.2) is 0 Å². The van der Waals surface area contributed by atoms with Gasteiger partial charge in [-0.15, -0.1) is 0 Å². The standard InChI is InChI=1S/C28H31FIN3O4S/c1-20(27(35)31-28(2,3)4)32(18-21-10-8-9-13-25(21)29)26(34)19-33(23-16-14-22(30)15-17-23)38(36,37)24-11-6-5-7-12-24/h5-17,20H,18-19H2,1-4H3,(H,31,35). The molecule has 0 aliphatic carbocycles. The summed E-state index contributed by atoms with van der Waals surface area (Å²) in [5.41, 5.74) is -0.0645. The van der Waals surface area contributed by atoms with Crippen molar-refractivity contribution in [3.8, 4) is 0 Å². The average molecular weight is 652 g/mol. The summed E-state index contributed by atoms with van der Waals surface area (Å²) >= 11 is 2.11. The number of rotatable bonds is 9. The van der Waals surface area contributed by atoms with Gasteiger partial charge in [0.25, 0.3) is 10.0 Å². The summed E-state index contributed by atoms with van der Waals surface area (Å²) in [7, 11) is -4.14. The highest BCUT2D eigenvalue weighted by molar-refractivity contribution is 14.1. The number of hydrogen-bond donors (Lipinski definition) is 1. The third-order valence-corrected chi connectivity index (χ3v) is 8.20. The van der Waals surface area contributed by atoms with Crippen molar-refractivity contribution in [2.45, 2.75) is 50.7 Å². The maximum Gasteiger partial charge on any atom is 0.264 e. The van der Waals surface area contributed by atoms with Crippen molar-refractivity contribution in [2.75, 3.05) is 10.8 Å². The van der Waals surface area contributed by atoms with Crippen LogP contribution >= 0.6 is 22.6 Å². The lowest BCUT2D eigenvalue weighted by Gasteiger charge is -2.33. The van der Waals surface area contributed by atoms with Gasteiger partial charge in [0.2, 0.25) is 11.8 Å². The summed E-state index contributed by atoms with van der Waals surface area (Å²) in [4.78, 5) is 28.1. The average Bonchev–Trinajstić information content (AvgIpc) is 2.86. The highest BCUT2D eigenvalue weighted by atomic mass is 127. The summed E-state index contributed by atoms with van der Waals surface area (Å²) < 4.78 is 43.9. The second-order valence-corrected chi connectivity index (χ2v) is 12.9. The van der Waals surface area contributed by atoms with Crippen LogP contribution in [0.2, 0.25) is 0 Å². The van der Waals surface area contributed by atoms with Gasteiger partial charge in [-0.25, -0.2) is 12.8 Å². The molecule has 0 aromatic heterocycles. The van der Waals surface area contributed by atoms with Gasteiger partial charge in [-0.05, 0) is 92.8 Å². The summed E-state index contributed by atoms with van der Waals surface area (Å²) in [6, 6.07) is 19.5. The first-order chi connectivity index (χ1) is 17.8. The highest BCUT2D eigenvalue weighted by Crippen LogP contribution is 2.25. The van der Waals surface area contributed by atoms with Crippen molar-refractivity contribution in [3.63, 3.8) is 0 Å². The Bertz CT molecular complexity index is 1380. The first-order valence-electron chi connectivity index (χ1n) is 12.0. The van der Waals surface area contributed by atoms with E-state index in [0.717, 1.165) is 7.88 Å². The molecule has 10 heteroatoms. The monoisotopic (exact) mass is 651 g/mol. The van der Waals surface area contributed by atoms with Crippen LogP contribution in [0.25, 0.3) is 0 Å². The van der Waals surface area contributed by atoms with E-state index in [4.69, 9.17) is 0 Å². The Morgan fingerprint density at radius 2 is 1.53 bits per heavy atom. The van der Waals surface area contributed by atoms with Crippen LogP contribution in [0.5, 0.6) is 0 Å². The van der Waals surface area contributed by atoms with Crippen molar-refractivity contribution in [1.82, 2.24) is 10.2 Å². The molecule has 3 rings (SSSR count). The first kappa shape index (κ1) is 29.6. The first-order valence-corrected chi connectivity index (χ1v) is 14.5. The Hall–Kier alpha value is -2.99. The summed E-state index contributed by atoms with van der Waals surface area (Å²) in [6.45, 7) is 6.18. The van der Waals surface area contributed by atoms with Crippen molar-refractivity contribution >= 4 is 50.1 Å². The lowest BCUT2D eigenvalue weighted by Crippen LogP contribution is -2.54. The van der Waals surface area contributed by atoms with E-state index in [2.05, 4.69) is 27.9 Å². The van der Waals surface area contributed by atoms with Crippen LogP contribution in [-0.4, -0.2) is 43.3 Å². The largest absolute Gasteiger partial charge is 0.350 e. The van der Waals surface area contributed by atoms with Gasteiger partial charge < -0.3 is 10.2 Å². The molecular formula is C28H31FIN3O4S. The summed E-state index contributed by atoms with van der Waals surface area (Å²) in [6.07, 6.45) is 0. The number of benzene rings is 3. The minimum atomic E-state index is -4.14. The molecule has 0 fully saturated rings. The van der Waals surface area contributed by atoms with Gasteiger partial charge in [-0.1, -0.05) is 36.4 Å². The number of halogens is 2. The Morgan fingerprint density at radius 3 is 2.11 bits per heavy atom. The minimum absolute atomic E-state index is 0.0190. The Morgan fingerprint density at radius 1 is 0.947 bits per heavy atom. The van der Waals surface area contributed by atoms with Crippen LogP contribution in [0.4, 0.5) is 10.1 Å². The number of anilines is 1. The Labute approximate surface area is 237 Å². The molecule has 1 N–H and O–H groups in total. The third kappa shape index (κ3) is 7.53. The van der Waals surface area contributed by atoms with E-state index in [9.17, 15) is 22.4 Å². The van der Waals surface area contributed by atoms with E-state index in [1.165, 1.54) is 35.2 Å². The van der Waals surface area contributed by atoms with Gasteiger partial charge in [-0.3, -0.25) is 13.9 Å². The van der Waals surface area contributed by atoms with Crippen molar-refractivity contribution in [1.29, 1.82) is 0 Å². The molecule has 0 saturated carbocycles. The maximum absolute atomic E-state index is 14.6. The highest BCUT2D eigenvalue weighted by Gasteiger charge is 2.33. The third-order valence-electron chi connectivity index (χ3n) is 5.69. The van der Waals surface area contributed by atoms with Crippen LogP contribution in [-0.2, 0) is 26.2 Å². The maximum atomic E-state index is 14.6. The fourth-order valence-corrected chi connectivity index (χ4v) is 5.52. The van der Waals surface area contributed by atoms with Crippen LogP contribution in [0.1, 0.15) is 33.3 Å². The normalized spacial score (nSPS) is 12.5. The molecule has 1 atom stereocenters. The number of amides is 2. The van der Waals surface area contributed by atoms with Gasteiger partial charge in [0.05, 0.1) is 10.6 Å². The molecule has 0 heterocycles. The molecule has 3 aromatic rings. The van der Waals surface area contributed by atoms with E-state index in [1.807, 2.05) is 20.8 Å². The molecule has 0 radical (unpaired) electrons. The lowest BCUT2D eigenvalue weighted by atomic mass is 10.1. The number of nitrogens with zero attached hydrogens (tertiary/aromatic N) is 2. The summed E-state index contributed by atoms with van der Waals surface area (Å²) in [5, 5.41) is 2.84. The molecule has 3 aromatic carbocycles. The molecule has 0 aliphatic rings. The Kier molecular flexibility index (Phi) is 9.53. The van der Waals surface area contributed by atoms with Crippen molar-refractivity contribution in [3.05, 3.63) is 93.8 Å². The number of carbonyl (C=O) groups excluding carboxylic acids is 2. The predicted octanol–water partition coefficient (Wildman–Crippen LogP) is 4.96. The molecule has 2 amide bonds. The van der Waals surface area contributed by atoms with Crippen LogP contribution in [0, 0.1) is 9.39 Å². The molecule has 7 nitrogen and oxygen atoms in total. The van der Waals surface area contributed by atoms with Crippen LogP contribution in [0.15, 0.2) is 83.8 Å². The minimum Gasteiger partial charge on any atom is -0.350 e. The Balaban J connectivity index is 2.03. The smallest absolute Gasteiger partial charge is 0.264 e. The zero-order chi connectivity index (χ0) is 28.1. The van der Waals surface area contributed by atoms with Gasteiger partial charge in [-0.2, -0.15) is 0 Å². The zero-order valence-electron chi connectivity index (χ0n) is 21.7. The second kappa shape index (κ2) is 12.2. The molecule has 0 bridgehead atoms.